The van der Waals surface area contributed by atoms with Gasteiger partial charge in [0.15, 0.2) is 0 Å². The molecule has 55 heavy (non-hydrogen) atoms. The normalized spacial score (nSPS) is 19.1. The zero-order valence-corrected chi connectivity index (χ0v) is 32.3. The summed E-state index contributed by atoms with van der Waals surface area (Å²) in [6.07, 6.45) is 7.09. The lowest BCUT2D eigenvalue weighted by molar-refractivity contribution is 0.164. The molecular formula is C43H50N10OS. The van der Waals surface area contributed by atoms with E-state index in [0.717, 1.165) is 143 Å². The number of aromatic nitrogens is 4. The Morgan fingerprint density at radius 1 is 0.691 bits per heavy atom. The van der Waals surface area contributed by atoms with Crippen LogP contribution < -0.4 is 35.8 Å². The molecule has 0 bridgehead atoms. The van der Waals surface area contributed by atoms with Gasteiger partial charge in [-0.15, -0.1) is 16.4 Å². The fraction of sp³-hybridized carbons (Fsp3) is 0.442. The fourth-order valence-corrected chi connectivity index (χ4v) is 10.0. The van der Waals surface area contributed by atoms with Gasteiger partial charge >= 0.3 is 0 Å². The van der Waals surface area contributed by atoms with Crippen LogP contribution in [0.1, 0.15) is 48.6 Å². The van der Waals surface area contributed by atoms with Gasteiger partial charge in [0.2, 0.25) is 0 Å². The van der Waals surface area contributed by atoms with E-state index in [9.17, 15) is 0 Å². The number of hydrogen-bond donors (Lipinski definition) is 4. The Bertz CT molecular complexity index is 2300. The van der Waals surface area contributed by atoms with E-state index >= 15 is 0 Å². The molecule has 4 aliphatic heterocycles. The molecular weight excluding hydrogens is 705 g/mol. The minimum absolute atomic E-state index is 0.190. The number of thiazole rings is 1. The van der Waals surface area contributed by atoms with Crippen molar-refractivity contribution in [2.75, 3.05) is 88.3 Å². The molecule has 12 heteroatoms. The number of fused-ring (bicyclic) bond motifs is 3. The van der Waals surface area contributed by atoms with E-state index in [0.29, 0.717) is 12.3 Å². The van der Waals surface area contributed by atoms with Crippen LogP contribution in [0.4, 0.5) is 11.4 Å². The maximum Gasteiger partial charge on any atom is 0.148 e. The molecule has 0 spiro atoms. The van der Waals surface area contributed by atoms with Crippen molar-refractivity contribution in [1.29, 1.82) is 0 Å². The number of piperazine rings is 2. The summed E-state index contributed by atoms with van der Waals surface area (Å²) in [5.74, 6) is 1.32. The van der Waals surface area contributed by atoms with Crippen molar-refractivity contribution in [2.45, 2.75) is 44.1 Å². The number of rotatable bonds is 8. The highest BCUT2D eigenvalue weighted by molar-refractivity contribution is 7.21. The van der Waals surface area contributed by atoms with Crippen LogP contribution in [0, 0.1) is 0 Å². The molecule has 4 saturated heterocycles. The average molecular weight is 755 g/mol. The van der Waals surface area contributed by atoms with E-state index in [2.05, 4.69) is 85.7 Å². The predicted octanol–water partition coefficient (Wildman–Crippen LogP) is 5.46. The van der Waals surface area contributed by atoms with Crippen LogP contribution in [-0.4, -0.2) is 105 Å². The van der Waals surface area contributed by atoms with Gasteiger partial charge in [0.1, 0.15) is 27.9 Å². The second kappa shape index (κ2) is 15.6. The van der Waals surface area contributed by atoms with E-state index in [1.165, 1.54) is 38.1 Å². The van der Waals surface area contributed by atoms with Crippen molar-refractivity contribution >= 4 is 54.6 Å². The summed E-state index contributed by atoms with van der Waals surface area (Å²) in [4.78, 5) is 15.4. The molecule has 11 nitrogen and oxygen atoms in total. The fourth-order valence-electron chi connectivity index (χ4n) is 9.06. The molecule has 4 N–H and O–H groups in total. The molecule has 0 saturated carbocycles. The maximum absolute atomic E-state index is 6.62. The van der Waals surface area contributed by atoms with E-state index in [-0.39, 0.29) is 6.10 Å². The molecule has 7 heterocycles. The monoisotopic (exact) mass is 754 g/mol. The summed E-state index contributed by atoms with van der Waals surface area (Å²) in [7, 11) is 0. The molecule has 4 aliphatic rings. The Hall–Kier alpha value is -4.46. The topological polar surface area (TPSA) is 115 Å². The predicted molar refractivity (Wildman–Crippen MR) is 224 cm³/mol. The number of anilines is 2. The van der Waals surface area contributed by atoms with Gasteiger partial charge in [0.25, 0.3) is 0 Å². The quantitative estimate of drug-likeness (QED) is 0.159. The van der Waals surface area contributed by atoms with Crippen LogP contribution in [0.3, 0.4) is 0 Å². The van der Waals surface area contributed by atoms with E-state index < -0.39 is 0 Å². The smallest absolute Gasteiger partial charge is 0.148 e. The third kappa shape index (κ3) is 7.10. The van der Waals surface area contributed by atoms with Crippen molar-refractivity contribution in [1.82, 2.24) is 41.4 Å². The molecule has 10 rings (SSSR count). The first kappa shape index (κ1) is 35.0. The van der Waals surface area contributed by atoms with Gasteiger partial charge in [-0.25, -0.2) is 4.98 Å². The molecule has 6 aromatic rings. The first-order chi connectivity index (χ1) is 27.2. The lowest BCUT2D eigenvalue weighted by Crippen LogP contribution is -2.44. The number of ether oxygens (including phenoxy) is 1. The van der Waals surface area contributed by atoms with Gasteiger partial charge in [-0.3, -0.25) is 4.98 Å². The molecule has 0 radical (unpaired) electrons. The minimum Gasteiger partial charge on any atom is -0.488 e. The van der Waals surface area contributed by atoms with Crippen LogP contribution in [0.2, 0.25) is 0 Å². The second-order valence-corrected chi connectivity index (χ2v) is 16.5. The Morgan fingerprint density at radius 2 is 1.44 bits per heavy atom. The van der Waals surface area contributed by atoms with Gasteiger partial charge in [-0.05, 0) is 99.2 Å². The number of benzene rings is 3. The van der Waals surface area contributed by atoms with Crippen LogP contribution >= 0.6 is 11.3 Å². The number of hydrogen-bond acceptors (Lipinski definition) is 12. The first-order valence-corrected chi connectivity index (χ1v) is 21.2. The lowest BCUT2D eigenvalue weighted by atomic mass is 9.90. The lowest BCUT2D eigenvalue weighted by Gasteiger charge is -2.31. The average Bonchev–Trinajstić information content (AvgIpc) is 3.69. The summed E-state index contributed by atoms with van der Waals surface area (Å²) in [5.41, 5.74) is 8.96. The SMILES string of the molecule is c1cc2ccc(-c3nc4c(N5CCNCC5)c(Cc5cc6c(N7CCNCC7)ccc(OC7CCNCC7)c6nn5)ccc4s3)cc2c(C2CCNCC2)n1. The van der Waals surface area contributed by atoms with Gasteiger partial charge in [0, 0.05) is 92.9 Å². The molecule has 0 unspecified atom stereocenters. The standard InChI is InChI=1S/C43H50N10OS/c1-2-31(26-34-28(1)9-16-48-39(34)29-7-12-44-13-8-29)43-49-41-38(55-43)6-3-30(42(41)53-23-19-47-20-24-53)25-32-27-35-36(52-21-17-46-18-22-52)4-5-37(40(35)51-50-32)54-33-10-14-45-15-11-33/h1-6,9,16,26-27,29,33,44-47H,7-8,10-15,17-25H2. The van der Waals surface area contributed by atoms with Gasteiger partial charge in [-0.2, -0.15) is 5.10 Å². The highest BCUT2D eigenvalue weighted by Crippen LogP contribution is 2.41. The molecule has 284 valence electrons. The number of nitrogens with zero attached hydrogens (tertiary/aromatic N) is 6. The Balaban J connectivity index is 1.03. The highest BCUT2D eigenvalue weighted by Gasteiger charge is 2.25. The van der Waals surface area contributed by atoms with Crippen molar-refractivity contribution in [2.24, 2.45) is 0 Å². The van der Waals surface area contributed by atoms with Crippen LogP contribution in [0.25, 0.3) is 42.5 Å². The zero-order chi connectivity index (χ0) is 36.6. The summed E-state index contributed by atoms with van der Waals surface area (Å²) in [6, 6.07) is 20.2. The molecule has 0 amide bonds. The van der Waals surface area contributed by atoms with Crippen molar-refractivity contribution in [3.8, 4) is 16.3 Å². The summed E-state index contributed by atoms with van der Waals surface area (Å²) in [6.45, 7) is 11.7. The second-order valence-electron chi connectivity index (χ2n) is 15.5. The number of pyridine rings is 1. The van der Waals surface area contributed by atoms with Crippen LogP contribution in [0.5, 0.6) is 5.75 Å². The van der Waals surface area contributed by atoms with E-state index in [4.69, 9.17) is 24.9 Å². The largest absolute Gasteiger partial charge is 0.488 e. The van der Waals surface area contributed by atoms with Gasteiger partial charge < -0.3 is 35.8 Å². The van der Waals surface area contributed by atoms with E-state index in [1.807, 2.05) is 6.20 Å². The van der Waals surface area contributed by atoms with Crippen molar-refractivity contribution in [3.05, 3.63) is 77.7 Å². The van der Waals surface area contributed by atoms with Crippen molar-refractivity contribution < 1.29 is 4.74 Å². The Morgan fingerprint density at radius 3 is 2.24 bits per heavy atom. The van der Waals surface area contributed by atoms with Gasteiger partial charge in [-0.1, -0.05) is 18.2 Å². The summed E-state index contributed by atoms with van der Waals surface area (Å²) in [5, 5.41) is 28.6. The maximum atomic E-state index is 6.62. The van der Waals surface area contributed by atoms with E-state index in [1.54, 1.807) is 11.3 Å². The molecule has 0 atom stereocenters. The zero-order valence-electron chi connectivity index (χ0n) is 31.4. The van der Waals surface area contributed by atoms with Gasteiger partial charge in [0.05, 0.1) is 21.8 Å². The molecule has 4 fully saturated rings. The van der Waals surface area contributed by atoms with Crippen LogP contribution in [-0.2, 0) is 6.42 Å². The van der Waals surface area contributed by atoms with Crippen LogP contribution in [0.15, 0.2) is 60.8 Å². The molecule has 3 aromatic heterocycles. The first-order valence-electron chi connectivity index (χ1n) is 20.4. The number of piperidine rings is 2. The third-order valence-electron chi connectivity index (χ3n) is 12.0. The molecule has 0 aliphatic carbocycles. The molecule has 3 aromatic carbocycles. The Labute approximate surface area is 326 Å². The summed E-state index contributed by atoms with van der Waals surface area (Å²) < 4.78 is 7.83. The number of nitrogens with one attached hydrogen (secondary N) is 4. The highest BCUT2D eigenvalue weighted by atomic mass is 32.1. The third-order valence-corrected chi connectivity index (χ3v) is 13.0. The Kier molecular flexibility index (Phi) is 9.91. The minimum atomic E-state index is 0.190. The van der Waals surface area contributed by atoms with Crippen molar-refractivity contribution in [3.63, 3.8) is 0 Å². The summed E-state index contributed by atoms with van der Waals surface area (Å²) >= 11 is 1.79.